The molecule has 2 heterocycles. The van der Waals surface area contributed by atoms with Gasteiger partial charge < -0.3 is 9.88 Å². The summed E-state index contributed by atoms with van der Waals surface area (Å²) >= 11 is 0. The molecule has 0 saturated carbocycles. The molecule has 0 aliphatic heterocycles. The zero-order valence-electron chi connectivity index (χ0n) is 13.3. The number of pyridine rings is 2. The zero-order valence-corrected chi connectivity index (χ0v) is 13.3. The second-order valence-electron chi connectivity index (χ2n) is 5.54. The first-order valence-electron chi connectivity index (χ1n) is 7.30. The second kappa shape index (κ2) is 6.25. The molecule has 2 aromatic heterocycles. The lowest BCUT2D eigenvalue weighted by atomic mass is 10.1. The molecule has 0 atom stereocenters. The van der Waals surface area contributed by atoms with Crippen molar-refractivity contribution < 1.29 is 22.4 Å². The van der Waals surface area contributed by atoms with E-state index in [2.05, 4.69) is 10.3 Å². The van der Waals surface area contributed by atoms with Crippen LogP contribution in [-0.2, 0) is 13.2 Å². The summed E-state index contributed by atoms with van der Waals surface area (Å²) in [5, 5.41) is 2.35. The standard InChI is InChI=1S/C17H11F4N3O2/c1-24-14-7-12(8-22-13(14)2-3-15(24)25)23-16(26)9-4-10(17(19,20)21)6-11(18)5-9/h2-8H,1H3,(H,23,26). The Hall–Kier alpha value is -3.23. The molecule has 0 saturated heterocycles. The Morgan fingerprint density at radius 3 is 2.58 bits per heavy atom. The smallest absolute Gasteiger partial charge is 0.321 e. The second-order valence-corrected chi connectivity index (χ2v) is 5.54. The summed E-state index contributed by atoms with van der Waals surface area (Å²) in [4.78, 5) is 27.9. The van der Waals surface area contributed by atoms with Gasteiger partial charge in [0.2, 0.25) is 0 Å². The van der Waals surface area contributed by atoms with Gasteiger partial charge in [-0.25, -0.2) is 4.39 Å². The van der Waals surface area contributed by atoms with Crippen molar-refractivity contribution in [1.82, 2.24) is 9.55 Å². The van der Waals surface area contributed by atoms with Gasteiger partial charge in [-0.05, 0) is 30.3 Å². The van der Waals surface area contributed by atoms with Crippen molar-refractivity contribution in [3.8, 4) is 0 Å². The molecule has 0 spiro atoms. The number of fused-ring (bicyclic) bond motifs is 1. The summed E-state index contributed by atoms with van der Waals surface area (Å²) in [6.45, 7) is 0. The van der Waals surface area contributed by atoms with Crippen LogP contribution in [0.3, 0.4) is 0 Å². The van der Waals surface area contributed by atoms with Crippen LogP contribution in [0.5, 0.6) is 0 Å². The molecule has 0 bridgehead atoms. The number of nitrogens with one attached hydrogen (secondary N) is 1. The van der Waals surface area contributed by atoms with Gasteiger partial charge in [-0.3, -0.25) is 14.6 Å². The van der Waals surface area contributed by atoms with Gasteiger partial charge in [0.1, 0.15) is 5.82 Å². The summed E-state index contributed by atoms with van der Waals surface area (Å²) in [7, 11) is 1.51. The fourth-order valence-electron chi connectivity index (χ4n) is 2.40. The predicted molar refractivity (Wildman–Crippen MR) is 86.3 cm³/mol. The highest BCUT2D eigenvalue weighted by Gasteiger charge is 2.32. The minimum atomic E-state index is -4.78. The predicted octanol–water partition coefficient (Wildman–Crippen LogP) is 3.34. The summed E-state index contributed by atoms with van der Waals surface area (Å²) in [5.41, 5.74) is -0.967. The van der Waals surface area contributed by atoms with Crippen LogP contribution in [0.1, 0.15) is 15.9 Å². The fraction of sp³-hybridized carbons (Fsp3) is 0.118. The van der Waals surface area contributed by atoms with Crippen molar-refractivity contribution in [3.63, 3.8) is 0 Å². The maximum absolute atomic E-state index is 13.4. The zero-order chi connectivity index (χ0) is 19.1. The molecule has 1 aromatic carbocycles. The molecule has 26 heavy (non-hydrogen) atoms. The monoisotopic (exact) mass is 365 g/mol. The lowest BCUT2D eigenvalue weighted by Gasteiger charge is -2.11. The van der Waals surface area contributed by atoms with E-state index in [0.29, 0.717) is 29.2 Å². The highest BCUT2D eigenvalue weighted by Crippen LogP contribution is 2.30. The van der Waals surface area contributed by atoms with Crippen LogP contribution >= 0.6 is 0 Å². The summed E-state index contributed by atoms with van der Waals surface area (Å²) in [5.74, 6) is -2.11. The van der Waals surface area contributed by atoms with Crippen molar-refractivity contribution in [2.75, 3.05) is 5.32 Å². The van der Waals surface area contributed by atoms with E-state index in [4.69, 9.17) is 0 Å². The van der Waals surface area contributed by atoms with Crippen molar-refractivity contribution in [3.05, 3.63) is 69.9 Å². The number of anilines is 1. The largest absolute Gasteiger partial charge is 0.416 e. The molecule has 5 nitrogen and oxygen atoms in total. The topological polar surface area (TPSA) is 64.0 Å². The van der Waals surface area contributed by atoms with Crippen molar-refractivity contribution >= 4 is 22.6 Å². The van der Waals surface area contributed by atoms with Crippen molar-refractivity contribution in [2.45, 2.75) is 6.18 Å². The van der Waals surface area contributed by atoms with E-state index in [1.54, 1.807) is 0 Å². The van der Waals surface area contributed by atoms with Gasteiger partial charge in [0, 0.05) is 18.7 Å². The molecule has 0 aliphatic carbocycles. The fourth-order valence-corrected chi connectivity index (χ4v) is 2.40. The summed E-state index contributed by atoms with van der Waals surface area (Å²) < 4.78 is 53.0. The van der Waals surface area contributed by atoms with Gasteiger partial charge in [0.15, 0.2) is 0 Å². The van der Waals surface area contributed by atoms with E-state index in [0.717, 1.165) is 0 Å². The quantitative estimate of drug-likeness (QED) is 0.709. The van der Waals surface area contributed by atoms with Crippen molar-refractivity contribution in [2.24, 2.45) is 7.05 Å². The van der Waals surface area contributed by atoms with E-state index in [-0.39, 0.29) is 11.2 Å². The molecule has 1 amide bonds. The lowest BCUT2D eigenvalue weighted by molar-refractivity contribution is -0.137. The van der Waals surface area contributed by atoms with E-state index in [1.165, 1.54) is 36.0 Å². The Morgan fingerprint density at radius 1 is 1.15 bits per heavy atom. The molecule has 0 aliphatic rings. The third-order valence-electron chi connectivity index (χ3n) is 3.72. The minimum absolute atomic E-state index is 0.154. The van der Waals surface area contributed by atoms with Crippen LogP contribution in [-0.4, -0.2) is 15.5 Å². The first kappa shape index (κ1) is 17.6. The average molecular weight is 365 g/mol. The number of carbonyl (C=O) groups excluding carboxylic acids is 1. The number of rotatable bonds is 2. The maximum atomic E-state index is 13.4. The highest BCUT2D eigenvalue weighted by atomic mass is 19.4. The lowest BCUT2D eigenvalue weighted by Crippen LogP contribution is -2.17. The average Bonchev–Trinajstić information content (AvgIpc) is 2.57. The van der Waals surface area contributed by atoms with Gasteiger partial charge >= 0.3 is 6.18 Å². The highest BCUT2D eigenvalue weighted by molar-refractivity contribution is 6.04. The van der Waals surface area contributed by atoms with Gasteiger partial charge in [-0.2, -0.15) is 13.2 Å². The van der Waals surface area contributed by atoms with Crippen molar-refractivity contribution in [1.29, 1.82) is 0 Å². The minimum Gasteiger partial charge on any atom is -0.321 e. The Balaban J connectivity index is 1.96. The Bertz CT molecular complexity index is 1070. The van der Waals surface area contributed by atoms with Crippen LogP contribution in [0.2, 0.25) is 0 Å². The molecular formula is C17H11F4N3O2. The third kappa shape index (κ3) is 3.41. The molecule has 1 N–H and O–H groups in total. The Kier molecular flexibility index (Phi) is 4.23. The van der Waals surface area contributed by atoms with Crippen LogP contribution in [0.25, 0.3) is 11.0 Å². The number of carbonyl (C=O) groups is 1. The molecule has 0 unspecified atom stereocenters. The molecular weight excluding hydrogens is 354 g/mol. The molecule has 3 aromatic rings. The first-order chi connectivity index (χ1) is 12.1. The van der Waals surface area contributed by atoms with E-state index in [1.807, 2.05) is 0 Å². The van der Waals surface area contributed by atoms with Gasteiger partial charge in [0.25, 0.3) is 11.5 Å². The number of hydrogen-bond acceptors (Lipinski definition) is 3. The Morgan fingerprint density at radius 2 is 1.88 bits per heavy atom. The van der Waals surface area contributed by atoms with Gasteiger partial charge in [0.05, 0.1) is 28.5 Å². The molecule has 134 valence electrons. The van der Waals surface area contributed by atoms with E-state index in [9.17, 15) is 27.2 Å². The van der Waals surface area contributed by atoms with Gasteiger partial charge in [-0.15, -0.1) is 0 Å². The SMILES string of the molecule is Cn1c(=O)ccc2ncc(NC(=O)c3cc(F)cc(C(F)(F)F)c3)cc21. The molecule has 9 heteroatoms. The first-order valence-corrected chi connectivity index (χ1v) is 7.30. The molecule has 0 fully saturated rings. The Labute approximate surface area is 143 Å². The number of aromatic nitrogens is 2. The van der Waals surface area contributed by atoms with Crippen LogP contribution in [0.4, 0.5) is 23.2 Å². The van der Waals surface area contributed by atoms with Crippen LogP contribution < -0.4 is 10.9 Å². The van der Waals surface area contributed by atoms with E-state index >= 15 is 0 Å². The molecule has 3 rings (SSSR count). The van der Waals surface area contributed by atoms with Gasteiger partial charge in [-0.1, -0.05) is 0 Å². The molecule has 0 radical (unpaired) electrons. The van der Waals surface area contributed by atoms with Crippen LogP contribution in [0.15, 0.2) is 47.4 Å². The normalized spacial score (nSPS) is 11.6. The number of aryl methyl sites for hydroxylation is 1. The van der Waals surface area contributed by atoms with E-state index < -0.39 is 29.0 Å². The summed E-state index contributed by atoms with van der Waals surface area (Å²) in [6, 6.07) is 5.86. The van der Waals surface area contributed by atoms with Crippen LogP contribution in [0, 0.1) is 5.82 Å². The summed E-state index contributed by atoms with van der Waals surface area (Å²) in [6.07, 6.45) is -3.49. The number of nitrogens with zero attached hydrogens (tertiary/aromatic N) is 2. The third-order valence-corrected chi connectivity index (χ3v) is 3.72. The number of alkyl halides is 3. The number of halogens is 4. The maximum Gasteiger partial charge on any atom is 0.416 e. The number of hydrogen-bond donors (Lipinski definition) is 1. The number of benzene rings is 1. The number of amides is 1.